The van der Waals surface area contributed by atoms with Gasteiger partial charge in [0.25, 0.3) is 0 Å². The number of hydrogen-bond donors (Lipinski definition) is 1. The van der Waals surface area contributed by atoms with Crippen molar-refractivity contribution in [2.24, 2.45) is 0 Å². The molecule has 38 valence electrons. The van der Waals surface area contributed by atoms with Crippen molar-refractivity contribution < 1.29 is 5.11 Å². The van der Waals surface area contributed by atoms with Gasteiger partial charge in [-0.25, -0.2) is 0 Å². The average molecular weight is 88.2 g/mol. The second kappa shape index (κ2) is 1.23. The number of hydrogen-bond acceptors (Lipinski definition) is 1. The van der Waals surface area contributed by atoms with Crippen LogP contribution in [0.2, 0.25) is 0 Å². The van der Waals surface area contributed by atoms with Crippen LogP contribution in [0.3, 0.4) is 0 Å². The zero-order chi connectivity index (χ0) is 3.91. The Morgan fingerprint density at radius 3 is 1.67 bits per heavy atom. The molecule has 1 saturated carbocycles. The van der Waals surface area contributed by atoms with Gasteiger partial charge < -0.3 is 5.11 Å². The minimum absolute atomic E-state index is 0. The third kappa shape index (κ3) is 1.41. The molecule has 0 aliphatic heterocycles. The van der Waals surface area contributed by atoms with Crippen LogP contribution in [0, 0.1) is 0 Å². The molecule has 0 bridgehead atoms. The molecule has 1 nitrogen and oxygen atoms in total. The van der Waals surface area contributed by atoms with Crippen molar-refractivity contribution in [2.45, 2.75) is 32.8 Å². The monoisotopic (exact) mass is 88.1 g/mol. The van der Waals surface area contributed by atoms with Crippen LogP contribution in [0.4, 0.5) is 0 Å². The zero-order valence-electron chi connectivity index (χ0n) is 3.36. The van der Waals surface area contributed by atoms with E-state index in [4.69, 9.17) is 5.11 Å². The predicted octanol–water partition coefficient (Wildman–Crippen LogP) is 1.17. The maximum atomic E-state index is 8.63. The molecule has 0 aromatic rings. The zero-order valence-corrected chi connectivity index (χ0v) is 3.36. The van der Waals surface area contributed by atoms with Gasteiger partial charge in [0.15, 0.2) is 0 Å². The molecule has 0 saturated heterocycles. The lowest BCUT2D eigenvalue weighted by atomic mass is 10.4. The fourth-order valence-electron chi connectivity index (χ4n) is 0.181. The highest BCUT2D eigenvalue weighted by Crippen LogP contribution is 2.33. The maximum absolute atomic E-state index is 8.63. The lowest BCUT2D eigenvalue weighted by molar-refractivity contribution is 0.172. The molecule has 1 heteroatoms. The largest absolute Gasteiger partial charge is 0.390 e. The van der Waals surface area contributed by atoms with Gasteiger partial charge in [-0.05, 0) is 19.8 Å². The Morgan fingerprint density at radius 2 is 1.67 bits per heavy atom. The van der Waals surface area contributed by atoms with Crippen LogP contribution in [-0.2, 0) is 0 Å². The van der Waals surface area contributed by atoms with Gasteiger partial charge in [-0.1, -0.05) is 7.43 Å². The summed E-state index contributed by atoms with van der Waals surface area (Å²) in [5, 5.41) is 8.63. The van der Waals surface area contributed by atoms with Gasteiger partial charge >= 0.3 is 0 Å². The molecule has 0 atom stereocenters. The first-order chi connectivity index (χ1) is 2.21. The van der Waals surface area contributed by atoms with Crippen LogP contribution in [0.5, 0.6) is 0 Å². The first kappa shape index (κ1) is 5.96. The molecule has 0 heterocycles. The molecule has 6 heavy (non-hydrogen) atoms. The molecule has 0 aromatic heterocycles. The van der Waals surface area contributed by atoms with E-state index in [-0.39, 0.29) is 13.0 Å². The molecule has 1 N–H and O–H groups in total. The van der Waals surface area contributed by atoms with Crippen molar-refractivity contribution in [1.29, 1.82) is 0 Å². The fourth-order valence-corrected chi connectivity index (χ4v) is 0.181. The third-order valence-corrected chi connectivity index (χ3v) is 0.974. The molecular weight excluding hydrogens is 76.1 g/mol. The highest BCUT2D eigenvalue weighted by molar-refractivity contribution is 4.87. The molecule has 0 aromatic carbocycles. The summed E-state index contributed by atoms with van der Waals surface area (Å²) < 4.78 is 0. The second-order valence-electron chi connectivity index (χ2n) is 2.00. The Hall–Kier alpha value is -0.0400. The Kier molecular flexibility index (Phi) is 1.22. The Bertz CT molecular complexity index is 41.9. The van der Waals surface area contributed by atoms with Crippen LogP contribution < -0.4 is 0 Å². The van der Waals surface area contributed by atoms with E-state index in [0.29, 0.717) is 0 Å². The SMILES string of the molecule is C.CC1(O)CC1. The average Bonchev–Trinajstić information content (AvgIpc) is 1.76. The summed E-state index contributed by atoms with van der Waals surface area (Å²) in [5.41, 5.74) is -0.250. The topological polar surface area (TPSA) is 20.2 Å². The normalized spacial score (nSPS) is 25.0. The van der Waals surface area contributed by atoms with Crippen LogP contribution in [0.15, 0.2) is 0 Å². The second-order valence-corrected chi connectivity index (χ2v) is 2.00. The van der Waals surface area contributed by atoms with Crippen LogP contribution in [0.25, 0.3) is 0 Å². The van der Waals surface area contributed by atoms with Crippen molar-refractivity contribution in [3.63, 3.8) is 0 Å². The molecule has 1 aliphatic carbocycles. The van der Waals surface area contributed by atoms with E-state index in [9.17, 15) is 0 Å². The van der Waals surface area contributed by atoms with Gasteiger partial charge in [0.2, 0.25) is 0 Å². The van der Waals surface area contributed by atoms with Crippen LogP contribution >= 0.6 is 0 Å². The molecular formula is C5H12O. The van der Waals surface area contributed by atoms with Gasteiger partial charge in [-0.3, -0.25) is 0 Å². The van der Waals surface area contributed by atoms with E-state index in [1.165, 1.54) is 0 Å². The molecule has 1 aliphatic rings. The van der Waals surface area contributed by atoms with Crippen LogP contribution in [0.1, 0.15) is 27.2 Å². The van der Waals surface area contributed by atoms with Crippen molar-refractivity contribution in [1.82, 2.24) is 0 Å². The Balaban J connectivity index is 0.000000250. The number of aliphatic hydroxyl groups is 1. The van der Waals surface area contributed by atoms with E-state index in [1.54, 1.807) is 0 Å². The maximum Gasteiger partial charge on any atom is 0.0622 e. The molecule has 0 radical (unpaired) electrons. The van der Waals surface area contributed by atoms with E-state index >= 15 is 0 Å². The highest BCUT2D eigenvalue weighted by atomic mass is 16.3. The minimum atomic E-state index is -0.250. The van der Waals surface area contributed by atoms with Crippen molar-refractivity contribution in [3.8, 4) is 0 Å². The summed E-state index contributed by atoms with van der Waals surface area (Å²) in [4.78, 5) is 0. The summed E-state index contributed by atoms with van der Waals surface area (Å²) in [6, 6.07) is 0. The summed E-state index contributed by atoms with van der Waals surface area (Å²) >= 11 is 0. The molecule has 0 amide bonds. The van der Waals surface area contributed by atoms with Crippen molar-refractivity contribution in [2.75, 3.05) is 0 Å². The molecule has 1 fully saturated rings. The quantitative estimate of drug-likeness (QED) is 0.471. The summed E-state index contributed by atoms with van der Waals surface area (Å²) in [7, 11) is 0. The predicted molar refractivity (Wildman–Crippen MR) is 26.6 cm³/mol. The minimum Gasteiger partial charge on any atom is -0.390 e. The van der Waals surface area contributed by atoms with Gasteiger partial charge in [-0.2, -0.15) is 0 Å². The Labute approximate surface area is 39.0 Å². The van der Waals surface area contributed by atoms with Gasteiger partial charge in [0.05, 0.1) is 5.60 Å². The van der Waals surface area contributed by atoms with Crippen molar-refractivity contribution >= 4 is 0 Å². The molecule has 1 rings (SSSR count). The van der Waals surface area contributed by atoms with Crippen molar-refractivity contribution in [3.05, 3.63) is 0 Å². The summed E-state index contributed by atoms with van der Waals surface area (Å²) in [5.74, 6) is 0. The summed E-state index contributed by atoms with van der Waals surface area (Å²) in [6.07, 6.45) is 2.01. The van der Waals surface area contributed by atoms with Gasteiger partial charge in [0, 0.05) is 0 Å². The first-order valence-electron chi connectivity index (χ1n) is 1.93. The van der Waals surface area contributed by atoms with E-state index in [1.807, 2.05) is 6.92 Å². The highest BCUT2D eigenvalue weighted by Gasteiger charge is 2.33. The van der Waals surface area contributed by atoms with Gasteiger partial charge in [-0.15, -0.1) is 0 Å². The lowest BCUT2D eigenvalue weighted by Crippen LogP contribution is -1.94. The standard InChI is InChI=1S/C4H8O.CH4/c1-4(5)2-3-4;/h5H,2-3H2,1H3;1H4. The molecule has 0 spiro atoms. The summed E-state index contributed by atoms with van der Waals surface area (Å²) in [6.45, 7) is 1.85. The van der Waals surface area contributed by atoms with E-state index in [0.717, 1.165) is 12.8 Å². The lowest BCUT2D eigenvalue weighted by Gasteiger charge is -1.86. The first-order valence-corrected chi connectivity index (χ1v) is 1.93. The van der Waals surface area contributed by atoms with E-state index in [2.05, 4.69) is 0 Å². The smallest absolute Gasteiger partial charge is 0.0622 e. The van der Waals surface area contributed by atoms with Crippen LogP contribution in [-0.4, -0.2) is 10.7 Å². The van der Waals surface area contributed by atoms with Gasteiger partial charge in [0.1, 0.15) is 0 Å². The fraction of sp³-hybridized carbons (Fsp3) is 1.00. The molecule has 0 unspecified atom stereocenters. The number of rotatable bonds is 0. The van der Waals surface area contributed by atoms with E-state index < -0.39 is 0 Å². The Morgan fingerprint density at radius 1 is 1.50 bits per heavy atom. The third-order valence-electron chi connectivity index (χ3n) is 0.974.